The monoisotopic (exact) mass is 397 g/mol. The molecule has 2 heterocycles. The van der Waals surface area contributed by atoms with Crippen molar-refractivity contribution < 1.29 is 4.42 Å². The van der Waals surface area contributed by atoms with E-state index in [1.54, 1.807) is 0 Å². The van der Waals surface area contributed by atoms with Gasteiger partial charge in [-0.25, -0.2) is 0 Å². The first-order chi connectivity index (χ1) is 15.4. The molecule has 2 nitrogen and oxygen atoms in total. The number of fused-ring (bicyclic) bond motifs is 3. The molecule has 2 aromatic heterocycles. The van der Waals surface area contributed by atoms with Gasteiger partial charge < -0.3 is 4.42 Å². The summed E-state index contributed by atoms with van der Waals surface area (Å²) in [6, 6.07) is 37.7. The molecule has 6 aromatic rings. The summed E-state index contributed by atoms with van der Waals surface area (Å²) in [5, 5.41) is 2.25. The average Bonchev–Trinajstić information content (AvgIpc) is 3.24. The van der Waals surface area contributed by atoms with Crippen molar-refractivity contribution in [1.29, 1.82) is 0 Å². The van der Waals surface area contributed by atoms with Crippen LogP contribution < -0.4 is 0 Å². The van der Waals surface area contributed by atoms with E-state index in [4.69, 9.17) is 4.42 Å². The average molecular weight is 397 g/mol. The van der Waals surface area contributed by atoms with Crippen molar-refractivity contribution in [3.05, 3.63) is 115 Å². The largest absolute Gasteiger partial charge is 0.455 e. The Labute approximate surface area is 180 Å². The molecule has 0 N–H and O–H groups in total. The number of para-hydroxylation sites is 2. The third-order valence-corrected chi connectivity index (χ3v) is 5.74. The Bertz CT molecular complexity index is 1530. The fraction of sp³-hybridized carbons (Fsp3) is 0. The van der Waals surface area contributed by atoms with Crippen LogP contribution in [0.5, 0.6) is 0 Å². The molecule has 6 rings (SSSR count). The van der Waals surface area contributed by atoms with E-state index in [1.807, 2.05) is 30.5 Å². The number of pyridine rings is 1. The van der Waals surface area contributed by atoms with E-state index in [9.17, 15) is 0 Å². The number of aromatic nitrogens is 1. The summed E-state index contributed by atoms with van der Waals surface area (Å²) >= 11 is 0. The van der Waals surface area contributed by atoms with Gasteiger partial charge in [-0.05, 0) is 52.6 Å². The van der Waals surface area contributed by atoms with Crippen molar-refractivity contribution in [2.75, 3.05) is 0 Å². The van der Waals surface area contributed by atoms with Crippen LogP contribution in [0.3, 0.4) is 0 Å². The van der Waals surface area contributed by atoms with Crippen LogP contribution in [0.4, 0.5) is 0 Å². The SMILES string of the molecule is c1ccc(-c2cccc(-c3ccnc(-c4cccc5c4oc4ccccc45)c3)c2)cc1. The smallest absolute Gasteiger partial charge is 0.144 e. The van der Waals surface area contributed by atoms with Gasteiger partial charge in [0, 0.05) is 22.5 Å². The van der Waals surface area contributed by atoms with Gasteiger partial charge >= 0.3 is 0 Å². The highest BCUT2D eigenvalue weighted by molar-refractivity contribution is 6.09. The topological polar surface area (TPSA) is 26.0 Å². The Hall–Kier alpha value is -4.17. The van der Waals surface area contributed by atoms with E-state index in [2.05, 4.69) is 89.9 Å². The van der Waals surface area contributed by atoms with Gasteiger partial charge in [0.25, 0.3) is 0 Å². The number of hydrogen-bond acceptors (Lipinski definition) is 2. The third-order valence-electron chi connectivity index (χ3n) is 5.74. The van der Waals surface area contributed by atoms with Crippen molar-refractivity contribution in [3.63, 3.8) is 0 Å². The molecule has 0 aliphatic heterocycles. The normalized spacial score (nSPS) is 11.2. The summed E-state index contributed by atoms with van der Waals surface area (Å²) in [6.45, 7) is 0. The maximum absolute atomic E-state index is 6.22. The molecule has 0 amide bonds. The Balaban J connectivity index is 1.48. The summed E-state index contributed by atoms with van der Waals surface area (Å²) in [5.74, 6) is 0. The standard InChI is InChI=1S/C29H19NO/c1-2-8-20(9-3-1)21-10-6-11-22(18-21)23-16-17-30-27(19-23)26-14-7-13-25-24-12-4-5-15-28(24)31-29(25)26/h1-19H. The fourth-order valence-corrected chi connectivity index (χ4v) is 4.22. The second-order valence-corrected chi connectivity index (χ2v) is 7.66. The summed E-state index contributed by atoms with van der Waals surface area (Å²) < 4.78 is 6.22. The van der Waals surface area contributed by atoms with E-state index in [-0.39, 0.29) is 0 Å². The van der Waals surface area contributed by atoms with E-state index >= 15 is 0 Å². The molecule has 2 heteroatoms. The van der Waals surface area contributed by atoms with Crippen molar-refractivity contribution in [2.24, 2.45) is 0 Å². The second-order valence-electron chi connectivity index (χ2n) is 7.66. The maximum Gasteiger partial charge on any atom is 0.144 e. The molecule has 146 valence electrons. The molecule has 0 atom stereocenters. The van der Waals surface area contributed by atoms with E-state index in [1.165, 1.54) is 16.7 Å². The van der Waals surface area contributed by atoms with Crippen LogP contribution in [0.25, 0.3) is 55.4 Å². The predicted octanol–water partition coefficient (Wildman–Crippen LogP) is 7.98. The van der Waals surface area contributed by atoms with Crippen molar-refractivity contribution in [2.45, 2.75) is 0 Å². The summed E-state index contributed by atoms with van der Waals surface area (Å²) in [5.41, 5.74) is 8.42. The fourth-order valence-electron chi connectivity index (χ4n) is 4.22. The Morgan fingerprint density at radius 3 is 2.10 bits per heavy atom. The van der Waals surface area contributed by atoms with Crippen LogP contribution in [-0.2, 0) is 0 Å². The van der Waals surface area contributed by atoms with Gasteiger partial charge in [-0.2, -0.15) is 0 Å². The molecule has 0 spiro atoms. The highest BCUT2D eigenvalue weighted by Crippen LogP contribution is 2.36. The minimum atomic E-state index is 0.881. The molecule has 0 aliphatic rings. The number of hydrogen-bond donors (Lipinski definition) is 0. The first kappa shape index (κ1) is 17.7. The summed E-state index contributed by atoms with van der Waals surface area (Å²) in [6.07, 6.45) is 1.88. The lowest BCUT2D eigenvalue weighted by Crippen LogP contribution is -1.87. The van der Waals surface area contributed by atoms with Crippen molar-refractivity contribution >= 4 is 21.9 Å². The highest BCUT2D eigenvalue weighted by Gasteiger charge is 2.13. The van der Waals surface area contributed by atoms with E-state index in [0.717, 1.165) is 38.8 Å². The van der Waals surface area contributed by atoms with Crippen molar-refractivity contribution in [1.82, 2.24) is 4.98 Å². The van der Waals surface area contributed by atoms with Crippen LogP contribution >= 0.6 is 0 Å². The van der Waals surface area contributed by atoms with Gasteiger partial charge in [0.2, 0.25) is 0 Å². The van der Waals surface area contributed by atoms with Gasteiger partial charge in [-0.1, -0.05) is 78.9 Å². The molecule has 0 aliphatic carbocycles. The summed E-state index contributed by atoms with van der Waals surface area (Å²) in [7, 11) is 0. The lowest BCUT2D eigenvalue weighted by molar-refractivity contribution is 0.670. The Morgan fingerprint density at radius 1 is 0.516 bits per heavy atom. The van der Waals surface area contributed by atoms with Crippen LogP contribution in [0.2, 0.25) is 0 Å². The van der Waals surface area contributed by atoms with Crippen LogP contribution in [0.1, 0.15) is 0 Å². The molecule has 0 unspecified atom stereocenters. The molecule has 0 radical (unpaired) electrons. The minimum absolute atomic E-state index is 0.881. The molecule has 0 saturated heterocycles. The second kappa shape index (κ2) is 7.26. The zero-order valence-corrected chi connectivity index (χ0v) is 16.8. The maximum atomic E-state index is 6.22. The first-order valence-electron chi connectivity index (χ1n) is 10.4. The first-order valence-corrected chi connectivity index (χ1v) is 10.4. The molecule has 0 fully saturated rings. The van der Waals surface area contributed by atoms with E-state index < -0.39 is 0 Å². The highest BCUT2D eigenvalue weighted by atomic mass is 16.3. The predicted molar refractivity (Wildman–Crippen MR) is 128 cm³/mol. The lowest BCUT2D eigenvalue weighted by atomic mass is 9.98. The molecule has 0 bridgehead atoms. The van der Waals surface area contributed by atoms with Crippen LogP contribution in [0, 0.1) is 0 Å². The van der Waals surface area contributed by atoms with Gasteiger partial charge in [-0.3, -0.25) is 4.98 Å². The zero-order chi connectivity index (χ0) is 20.6. The lowest BCUT2D eigenvalue weighted by Gasteiger charge is -2.08. The Kier molecular flexibility index (Phi) is 4.14. The van der Waals surface area contributed by atoms with Gasteiger partial charge in [0.1, 0.15) is 11.2 Å². The minimum Gasteiger partial charge on any atom is -0.455 e. The van der Waals surface area contributed by atoms with Crippen molar-refractivity contribution in [3.8, 4) is 33.5 Å². The molecule has 4 aromatic carbocycles. The molecule has 0 saturated carbocycles. The van der Waals surface area contributed by atoms with Gasteiger partial charge in [-0.15, -0.1) is 0 Å². The van der Waals surface area contributed by atoms with Crippen LogP contribution in [-0.4, -0.2) is 4.98 Å². The van der Waals surface area contributed by atoms with Gasteiger partial charge in [0.05, 0.1) is 5.69 Å². The van der Waals surface area contributed by atoms with Gasteiger partial charge in [0.15, 0.2) is 0 Å². The molecular weight excluding hydrogens is 378 g/mol. The third kappa shape index (κ3) is 3.10. The number of benzene rings is 4. The summed E-state index contributed by atoms with van der Waals surface area (Å²) in [4.78, 5) is 4.68. The molecule has 31 heavy (non-hydrogen) atoms. The number of furan rings is 1. The van der Waals surface area contributed by atoms with Crippen LogP contribution in [0.15, 0.2) is 120 Å². The number of rotatable bonds is 3. The quantitative estimate of drug-likeness (QED) is 0.302. The van der Waals surface area contributed by atoms with E-state index in [0.29, 0.717) is 0 Å². The zero-order valence-electron chi connectivity index (χ0n) is 16.8. The number of nitrogens with zero attached hydrogens (tertiary/aromatic N) is 1. The molecular formula is C29H19NO. The Morgan fingerprint density at radius 2 is 1.19 bits per heavy atom.